The van der Waals surface area contributed by atoms with E-state index in [4.69, 9.17) is 0 Å². The van der Waals surface area contributed by atoms with Crippen LogP contribution in [0.4, 0.5) is 0 Å². The van der Waals surface area contributed by atoms with E-state index >= 15 is 0 Å². The van der Waals surface area contributed by atoms with Crippen molar-refractivity contribution in [3.8, 4) is 0 Å². The Balaban J connectivity index is 2.48. The van der Waals surface area contributed by atoms with E-state index in [9.17, 15) is 5.11 Å². The number of aliphatic hydroxyl groups is 1. The van der Waals surface area contributed by atoms with Crippen LogP contribution in [0, 0.1) is 11.8 Å². The Hall–Kier alpha value is -0.0400. The molecule has 0 saturated heterocycles. The van der Waals surface area contributed by atoms with Gasteiger partial charge in [0.1, 0.15) is 0 Å². The van der Waals surface area contributed by atoms with E-state index in [1.807, 2.05) is 0 Å². The molecular formula is C11H22O. The fraction of sp³-hybridized carbons (Fsp3) is 1.00. The topological polar surface area (TPSA) is 20.2 Å². The summed E-state index contributed by atoms with van der Waals surface area (Å²) >= 11 is 0. The van der Waals surface area contributed by atoms with E-state index in [0.29, 0.717) is 5.92 Å². The molecule has 1 nitrogen and oxygen atoms in total. The molecule has 1 aliphatic rings. The minimum absolute atomic E-state index is 0.319. The van der Waals surface area contributed by atoms with E-state index in [1.54, 1.807) is 0 Å². The van der Waals surface area contributed by atoms with Gasteiger partial charge in [0.2, 0.25) is 0 Å². The molecule has 1 saturated carbocycles. The van der Waals surface area contributed by atoms with Gasteiger partial charge in [0.15, 0.2) is 0 Å². The molecule has 0 spiro atoms. The fourth-order valence-electron chi connectivity index (χ4n) is 2.38. The summed E-state index contributed by atoms with van der Waals surface area (Å²) in [4.78, 5) is 0. The number of rotatable bonds is 2. The van der Waals surface area contributed by atoms with Crippen LogP contribution in [0.1, 0.15) is 52.9 Å². The highest BCUT2D eigenvalue weighted by atomic mass is 16.3. The summed E-state index contributed by atoms with van der Waals surface area (Å²) in [5, 5.41) is 10.2. The molecule has 3 unspecified atom stereocenters. The van der Waals surface area contributed by atoms with Crippen LogP contribution in [-0.2, 0) is 0 Å². The van der Waals surface area contributed by atoms with Crippen LogP contribution in [0.15, 0.2) is 0 Å². The zero-order valence-corrected chi connectivity index (χ0v) is 8.64. The van der Waals surface area contributed by atoms with Crippen molar-refractivity contribution in [1.29, 1.82) is 0 Å². The van der Waals surface area contributed by atoms with Crippen LogP contribution in [0.3, 0.4) is 0 Å². The second-order valence-electron chi connectivity index (χ2n) is 4.67. The monoisotopic (exact) mass is 170 g/mol. The zero-order chi connectivity index (χ0) is 9.19. The molecule has 1 aliphatic carbocycles. The van der Waals surface area contributed by atoms with Crippen LogP contribution in [0.25, 0.3) is 0 Å². The first-order valence-corrected chi connectivity index (χ1v) is 5.30. The molecule has 0 radical (unpaired) electrons. The first-order valence-electron chi connectivity index (χ1n) is 5.30. The summed E-state index contributed by atoms with van der Waals surface area (Å²) in [5.74, 6) is 1.51. The number of hydrogen-bond acceptors (Lipinski definition) is 1. The SMILES string of the molecule is CCCC1(O)CCC(C)C(C)C1. The minimum Gasteiger partial charge on any atom is -0.390 e. The van der Waals surface area contributed by atoms with Crippen LogP contribution in [-0.4, -0.2) is 10.7 Å². The molecular weight excluding hydrogens is 148 g/mol. The highest BCUT2D eigenvalue weighted by Crippen LogP contribution is 2.38. The highest BCUT2D eigenvalue weighted by Gasteiger charge is 2.34. The molecule has 1 N–H and O–H groups in total. The van der Waals surface area contributed by atoms with Crippen molar-refractivity contribution in [2.75, 3.05) is 0 Å². The molecule has 1 fully saturated rings. The van der Waals surface area contributed by atoms with Gasteiger partial charge >= 0.3 is 0 Å². The van der Waals surface area contributed by atoms with Crippen molar-refractivity contribution in [2.45, 2.75) is 58.5 Å². The lowest BCUT2D eigenvalue weighted by atomic mass is 9.71. The van der Waals surface area contributed by atoms with Gasteiger partial charge in [-0.25, -0.2) is 0 Å². The molecule has 0 bridgehead atoms. The first-order chi connectivity index (χ1) is 5.57. The fourth-order valence-corrected chi connectivity index (χ4v) is 2.38. The van der Waals surface area contributed by atoms with Gasteiger partial charge in [-0.2, -0.15) is 0 Å². The molecule has 0 aliphatic heterocycles. The van der Waals surface area contributed by atoms with E-state index in [-0.39, 0.29) is 5.60 Å². The molecule has 0 aromatic rings. The Morgan fingerprint density at radius 3 is 2.50 bits per heavy atom. The third-order valence-electron chi connectivity index (χ3n) is 3.45. The van der Waals surface area contributed by atoms with Gasteiger partial charge in [0, 0.05) is 0 Å². The largest absolute Gasteiger partial charge is 0.390 e. The van der Waals surface area contributed by atoms with E-state index in [0.717, 1.165) is 31.6 Å². The summed E-state index contributed by atoms with van der Waals surface area (Å²) < 4.78 is 0. The second kappa shape index (κ2) is 3.78. The lowest BCUT2D eigenvalue weighted by Crippen LogP contribution is -2.37. The van der Waals surface area contributed by atoms with Crippen molar-refractivity contribution < 1.29 is 5.11 Å². The Labute approximate surface area is 76.2 Å². The first kappa shape index (κ1) is 10.0. The van der Waals surface area contributed by atoms with Gasteiger partial charge in [0.25, 0.3) is 0 Å². The minimum atomic E-state index is -0.319. The molecule has 3 atom stereocenters. The predicted octanol–water partition coefficient (Wildman–Crippen LogP) is 2.97. The van der Waals surface area contributed by atoms with E-state index in [2.05, 4.69) is 20.8 Å². The molecule has 0 aromatic heterocycles. The van der Waals surface area contributed by atoms with Crippen LogP contribution in [0.2, 0.25) is 0 Å². The quantitative estimate of drug-likeness (QED) is 0.675. The van der Waals surface area contributed by atoms with Gasteiger partial charge in [-0.1, -0.05) is 27.2 Å². The Bertz CT molecular complexity index is 144. The van der Waals surface area contributed by atoms with E-state index in [1.165, 1.54) is 6.42 Å². The van der Waals surface area contributed by atoms with Crippen LogP contribution < -0.4 is 0 Å². The Morgan fingerprint density at radius 2 is 2.00 bits per heavy atom. The Morgan fingerprint density at radius 1 is 1.33 bits per heavy atom. The molecule has 0 amide bonds. The van der Waals surface area contributed by atoms with Crippen molar-refractivity contribution >= 4 is 0 Å². The summed E-state index contributed by atoms with van der Waals surface area (Å²) in [6.45, 7) is 6.72. The third kappa shape index (κ3) is 2.22. The smallest absolute Gasteiger partial charge is 0.0650 e. The second-order valence-corrected chi connectivity index (χ2v) is 4.67. The van der Waals surface area contributed by atoms with Crippen molar-refractivity contribution in [3.05, 3.63) is 0 Å². The molecule has 1 heteroatoms. The van der Waals surface area contributed by atoms with Crippen molar-refractivity contribution in [2.24, 2.45) is 11.8 Å². The van der Waals surface area contributed by atoms with Crippen LogP contribution >= 0.6 is 0 Å². The average Bonchev–Trinajstić information content (AvgIpc) is 1.98. The predicted molar refractivity (Wildman–Crippen MR) is 52.0 cm³/mol. The molecule has 12 heavy (non-hydrogen) atoms. The number of hydrogen-bond donors (Lipinski definition) is 1. The van der Waals surface area contributed by atoms with Gasteiger partial charge in [-0.15, -0.1) is 0 Å². The summed E-state index contributed by atoms with van der Waals surface area (Å²) in [6.07, 6.45) is 5.34. The lowest BCUT2D eigenvalue weighted by molar-refractivity contribution is -0.0354. The zero-order valence-electron chi connectivity index (χ0n) is 8.64. The molecule has 0 aromatic carbocycles. The molecule has 72 valence electrons. The lowest BCUT2D eigenvalue weighted by Gasteiger charge is -2.39. The van der Waals surface area contributed by atoms with Crippen molar-refractivity contribution in [1.82, 2.24) is 0 Å². The standard InChI is InChI=1S/C11H22O/c1-4-6-11(12)7-5-9(2)10(3)8-11/h9-10,12H,4-8H2,1-3H3. The van der Waals surface area contributed by atoms with E-state index < -0.39 is 0 Å². The summed E-state index contributed by atoms with van der Waals surface area (Å²) in [6, 6.07) is 0. The highest BCUT2D eigenvalue weighted by molar-refractivity contribution is 4.87. The third-order valence-corrected chi connectivity index (χ3v) is 3.45. The van der Waals surface area contributed by atoms with Gasteiger partial charge in [-0.3, -0.25) is 0 Å². The molecule has 0 heterocycles. The van der Waals surface area contributed by atoms with Crippen molar-refractivity contribution in [3.63, 3.8) is 0 Å². The van der Waals surface area contributed by atoms with Gasteiger partial charge < -0.3 is 5.11 Å². The Kier molecular flexibility index (Phi) is 3.16. The normalized spacial score (nSPS) is 43.0. The molecule has 1 rings (SSSR count). The average molecular weight is 170 g/mol. The maximum absolute atomic E-state index is 10.2. The maximum atomic E-state index is 10.2. The van der Waals surface area contributed by atoms with Gasteiger partial charge in [-0.05, 0) is 37.5 Å². The summed E-state index contributed by atoms with van der Waals surface area (Å²) in [5.41, 5.74) is -0.319. The van der Waals surface area contributed by atoms with Crippen LogP contribution in [0.5, 0.6) is 0 Å². The summed E-state index contributed by atoms with van der Waals surface area (Å²) in [7, 11) is 0. The maximum Gasteiger partial charge on any atom is 0.0650 e. The van der Waals surface area contributed by atoms with Gasteiger partial charge in [0.05, 0.1) is 5.60 Å².